The molecule has 5 nitrogen and oxygen atoms in total. The predicted molar refractivity (Wildman–Crippen MR) is 85.6 cm³/mol. The Morgan fingerprint density at radius 1 is 1.00 bits per heavy atom. The van der Waals surface area contributed by atoms with Crippen molar-refractivity contribution in [3.63, 3.8) is 0 Å². The smallest absolute Gasteiger partial charge is 0.316 e. The SMILES string of the molecule is NC(=O)Nc1cccc(NC(=O)C2(c3ccc(F)cc3)CC2)c1. The quantitative estimate of drug-likeness (QED) is 0.810. The first-order valence-electron chi connectivity index (χ1n) is 7.24. The van der Waals surface area contributed by atoms with E-state index in [1.165, 1.54) is 12.1 Å². The van der Waals surface area contributed by atoms with E-state index in [4.69, 9.17) is 5.73 Å². The van der Waals surface area contributed by atoms with Crippen LogP contribution in [0.5, 0.6) is 0 Å². The number of carbonyl (C=O) groups is 2. The van der Waals surface area contributed by atoms with Crippen molar-refractivity contribution in [2.75, 3.05) is 10.6 Å². The number of hydrogen-bond acceptors (Lipinski definition) is 2. The van der Waals surface area contributed by atoms with Crippen molar-refractivity contribution in [3.05, 3.63) is 59.9 Å². The Morgan fingerprint density at radius 3 is 2.17 bits per heavy atom. The molecule has 0 spiro atoms. The second-order valence-corrected chi connectivity index (χ2v) is 5.61. The highest BCUT2D eigenvalue weighted by atomic mass is 19.1. The van der Waals surface area contributed by atoms with Gasteiger partial charge in [-0.2, -0.15) is 0 Å². The first-order chi connectivity index (χ1) is 11.0. The van der Waals surface area contributed by atoms with Gasteiger partial charge in [-0.1, -0.05) is 18.2 Å². The van der Waals surface area contributed by atoms with Crippen molar-refractivity contribution in [2.45, 2.75) is 18.3 Å². The average Bonchev–Trinajstić information content (AvgIpc) is 3.29. The summed E-state index contributed by atoms with van der Waals surface area (Å²) in [6.45, 7) is 0. The third-order valence-electron chi connectivity index (χ3n) is 3.97. The molecule has 2 aromatic rings. The third kappa shape index (κ3) is 3.15. The fourth-order valence-electron chi connectivity index (χ4n) is 2.61. The molecule has 1 fully saturated rings. The van der Waals surface area contributed by atoms with E-state index in [0.29, 0.717) is 11.4 Å². The summed E-state index contributed by atoms with van der Waals surface area (Å²) >= 11 is 0. The van der Waals surface area contributed by atoms with Crippen LogP contribution in [-0.4, -0.2) is 11.9 Å². The summed E-state index contributed by atoms with van der Waals surface area (Å²) in [5, 5.41) is 5.30. The van der Waals surface area contributed by atoms with Gasteiger partial charge < -0.3 is 16.4 Å². The Kier molecular flexibility index (Phi) is 3.73. The number of primary amides is 1. The molecule has 0 aliphatic heterocycles. The summed E-state index contributed by atoms with van der Waals surface area (Å²) in [7, 11) is 0. The first-order valence-corrected chi connectivity index (χ1v) is 7.24. The van der Waals surface area contributed by atoms with Crippen LogP contribution >= 0.6 is 0 Å². The van der Waals surface area contributed by atoms with Crippen molar-refractivity contribution in [3.8, 4) is 0 Å². The number of amides is 3. The monoisotopic (exact) mass is 313 g/mol. The summed E-state index contributed by atoms with van der Waals surface area (Å²) in [6.07, 6.45) is 1.45. The van der Waals surface area contributed by atoms with Crippen LogP contribution < -0.4 is 16.4 Å². The Labute approximate surface area is 132 Å². The minimum absolute atomic E-state index is 0.139. The molecular weight excluding hydrogens is 297 g/mol. The molecule has 23 heavy (non-hydrogen) atoms. The fourth-order valence-corrected chi connectivity index (χ4v) is 2.61. The zero-order chi connectivity index (χ0) is 16.4. The average molecular weight is 313 g/mol. The molecule has 118 valence electrons. The van der Waals surface area contributed by atoms with Gasteiger partial charge in [0.1, 0.15) is 5.82 Å². The van der Waals surface area contributed by atoms with E-state index in [0.717, 1.165) is 18.4 Å². The lowest BCUT2D eigenvalue weighted by Gasteiger charge is -2.16. The van der Waals surface area contributed by atoms with Crippen molar-refractivity contribution in [2.24, 2.45) is 5.73 Å². The van der Waals surface area contributed by atoms with E-state index in [9.17, 15) is 14.0 Å². The van der Waals surface area contributed by atoms with Crippen LogP contribution in [0.4, 0.5) is 20.6 Å². The molecule has 4 N–H and O–H groups in total. The molecule has 0 bridgehead atoms. The number of nitrogens with one attached hydrogen (secondary N) is 2. The van der Waals surface area contributed by atoms with Gasteiger partial charge in [0.05, 0.1) is 5.41 Å². The predicted octanol–water partition coefficient (Wildman–Crippen LogP) is 2.99. The number of halogens is 1. The summed E-state index contributed by atoms with van der Waals surface area (Å²) in [5.74, 6) is -0.462. The molecule has 6 heteroatoms. The van der Waals surface area contributed by atoms with Crippen molar-refractivity contribution < 1.29 is 14.0 Å². The van der Waals surface area contributed by atoms with Crippen LogP contribution in [0.1, 0.15) is 18.4 Å². The maximum Gasteiger partial charge on any atom is 0.316 e. The Balaban J connectivity index is 1.76. The zero-order valence-corrected chi connectivity index (χ0v) is 12.3. The Bertz CT molecular complexity index is 755. The van der Waals surface area contributed by atoms with Gasteiger partial charge in [-0.25, -0.2) is 9.18 Å². The first kappa shape index (κ1) is 15.0. The molecule has 0 heterocycles. The van der Waals surface area contributed by atoms with Gasteiger partial charge in [-0.05, 0) is 48.7 Å². The van der Waals surface area contributed by atoms with Crippen molar-refractivity contribution in [1.82, 2.24) is 0 Å². The van der Waals surface area contributed by atoms with Gasteiger partial charge in [0, 0.05) is 11.4 Å². The number of benzene rings is 2. The van der Waals surface area contributed by atoms with Crippen molar-refractivity contribution in [1.29, 1.82) is 0 Å². The van der Waals surface area contributed by atoms with Crippen LogP contribution in [0, 0.1) is 5.82 Å². The Morgan fingerprint density at radius 2 is 1.61 bits per heavy atom. The van der Waals surface area contributed by atoms with Gasteiger partial charge >= 0.3 is 6.03 Å². The molecular formula is C17H16FN3O2. The van der Waals surface area contributed by atoms with E-state index in [1.54, 1.807) is 36.4 Å². The number of nitrogens with two attached hydrogens (primary N) is 1. The lowest BCUT2D eigenvalue weighted by atomic mass is 9.95. The maximum absolute atomic E-state index is 13.0. The van der Waals surface area contributed by atoms with E-state index in [2.05, 4.69) is 10.6 Å². The summed E-state index contributed by atoms with van der Waals surface area (Å²) in [6, 6.07) is 12.1. The highest BCUT2D eigenvalue weighted by molar-refractivity contribution is 6.02. The topological polar surface area (TPSA) is 84.2 Å². The number of rotatable bonds is 4. The normalized spacial score (nSPS) is 14.8. The highest BCUT2D eigenvalue weighted by Gasteiger charge is 2.51. The number of anilines is 2. The zero-order valence-electron chi connectivity index (χ0n) is 12.3. The van der Waals surface area contributed by atoms with Crippen LogP contribution in [0.15, 0.2) is 48.5 Å². The molecule has 3 rings (SSSR count). The minimum Gasteiger partial charge on any atom is -0.351 e. The molecule has 2 aromatic carbocycles. The van der Waals surface area contributed by atoms with Crippen LogP contribution in [0.25, 0.3) is 0 Å². The lowest BCUT2D eigenvalue weighted by Crippen LogP contribution is -2.28. The second kappa shape index (κ2) is 5.72. The van der Waals surface area contributed by atoms with Crippen molar-refractivity contribution >= 4 is 23.3 Å². The van der Waals surface area contributed by atoms with E-state index in [1.807, 2.05) is 0 Å². The standard InChI is InChI=1S/C17H16FN3O2/c18-12-6-4-11(5-7-12)17(8-9-17)15(22)20-13-2-1-3-14(10-13)21-16(19)23/h1-7,10H,8-9H2,(H,20,22)(H3,19,21,23). The van der Waals surface area contributed by atoms with E-state index < -0.39 is 11.4 Å². The second-order valence-electron chi connectivity index (χ2n) is 5.61. The molecule has 3 amide bonds. The fraction of sp³-hybridized carbons (Fsp3) is 0.176. The molecule has 0 saturated heterocycles. The molecule has 1 aliphatic carbocycles. The molecule has 0 aromatic heterocycles. The summed E-state index contributed by atoms with van der Waals surface area (Å²) in [4.78, 5) is 23.5. The van der Waals surface area contributed by atoms with Gasteiger partial charge in [-0.3, -0.25) is 4.79 Å². The highest BCUT2D eigenvalue weighted by Crippen LogP contribution is 2.49. The third-order valence-corrected chi connectivity index (χ3v) is 3.97. The molecule has 0 unspecified atom stereocenters. The number of hydrogen-bond donors (Lipinski definition) is 3. The van der Waals surface area contributed by atoms with E-state index >= 15 is 0 Å². The summed E-state index contributed by atoms with van der Waals surface area (Å²) < 4.78 is 13.0. The van der Waals surface area contributed by atoms with Gasteiger partial charge in [0.25, 0.3) is 0 Å². The van der Waals surface area contributed by atoms with Crippen LogP contribution in [0.2, 0.25) is 0 Å². The minimum atomic E-state index is -0.668. The van der Waals surface area contributed by atoms with Crippen LogP contribution in [-0.2, 0) is 10.2 Å². The molecule has 1 saturated carbocycles. The Hall–Kier alpha value is -2.89. The number of carbonyl (C=O) groups excluding carboxylic acids is 2. The van der Waals surface area contributed by atoms with Crippen LogP contribution in [0.3, 0.4) is 0 Å². The molecule has 0 atom stereocenters. The maximum atomic E-state index is 13.0. The van der Waals surface area contributed by atoms with Gasteiger partial charge in [0.15, 0.2) is 0 Å². The molecule has 1 aliphatic rings. The lowest BCUT2D eigenvalue weighted by molar-refractivity contribution is -0.118. The molecule has 0 radical (unpaired) electrons. The largest absolute Gasteiger partial charge is 0.351 e. The summed E-state index contributed by atoms with van der Waals surface area (Å²) in [5.41, 5.74) is 6.35. The van der Waals surface area contributed by atoms with E-state index in [-0.39, 0.29) is 11.7 Å². The van der Waals surface area contributed by atoms with Gasteiger partial charge in [0.2, 0.25) is 5.91 Å². The van der Waals surface area contributed by atoms with Gasteiger partial charge in [-0.15, -0.1) is 0 Å². The number of urea groups is 1.